The van der Waals surface area contributed by atoms with Crippen LogP contribution in [-0.2, 0) is 50.4 Å². The second-order valence-corrected chi connectivity index (χ2v) is 17.4. The highest BCUT2D eigenvalue weighted by Gasteiger charge is 2.44. The third-order valence-corrected chi connectivity index (χ3v) is 12.1. The number of ether oxygens (including phenoxy) is 4. The van der Waals surface area contributed by atoms with Crippen molar-refractivity contribution in [3.63, 3.8) is 0 Å². The number of hydrogen-bond donors (Lipinski definition) is 0. The van der Waals surface area contributed by atoms with Crippen molar-refractivity contribution < 1.29 is 42.7 Å². The summed E-state index contributed by atoms with van der Waals surface area (Å²) in [4.78, 5) is 51.3. The summed E-state index contributed by atoms with van der Waals surface area (Å²) in [6.07, 6.45) is 25.0. The maximum atomic E-state index is 13.0. The van der Waals surface area contributed by atoms with Gasteiger partial charge in [0.15, 0.2) is 11.6 Å². The number of unbranched alkanes of at least 4 members (excludes halogenated alkanes) is 16. The maximum Gasteiger partial charge on any atom is 0.309 e. The van der Waals surface area contributed by atoms with Gasteiger partial charge >= 0.3 is 23.9 Å². The predicted molar refractivity (Wildman–Crippen MR) is 255 cm³/mol. The van der Waals surface area contributed by atoms with Crippen LogP contribution in [0.3, 0.4) is 0 Å². The van der Waals surface area contributed by atoms with Crippen molar-refractivity contribution in [1.82, 2.24) is 4.57 Å². The van der Waals surface area contributed by atoms with Gasteiger partial charge < -0.3 is 18.9 Å². The lowest BCUT2D eigenvalue weighted by molar-refractivity contribution is -0.727. The number of aromatic nitrogens is 2. The molecule has 1 aromatic heterocycles. The number of benzene rings is 3. The van der Waals surface area contributed by atoms with Crippen molar-refractivity contribution in [3.05, 3.63) is 125 Å². The number of carbonyl (C=O) groups is 4. The number of carbonyl (C=O) groups excluding carboxylic acids is 4. The first-order valence-electron chi connectivity index (χ1n) is 24.4. The van der Waals surface area contributed by atoms with Gasteiger partial charge in [-0.1, -0.05) is 207 Å². The van der Waals surface area contributed by atoms with Crippen LogP contribution in [0.2, 0.25) is 5.02 Å². The lowest BCUT2D eigenvalue weighted by Crippen LogP contribution is -2.40. The van der Waals surface area contributed by atoms with E-state index in [1.807, 2.05) is 79.4 Å². The minimum atomic E-state index is -0.999. The van der Waals surface area contributed by atoms with Gasteiger partial charge in [0.05, 0.1) is 12.8 Å². The van der Waals surface area contributed by atoms with E-state index in [2.05, 4.69) is 42.7 Å². The number of esters is 4. The molecule has 1 heterocycles. The average molecular weight is 915 g/mol. The van der Waals surface area contributed by atoms with Crippen LogP contribution in [0.4, 0.5) is 0 Å². The first-order valence-corrected chi connectivity index (χ1v) is 24.8. The van der Waals surface area contributed by atoms with Crippen LogP contribution in [0.5, 0.6) is 0 Å². The van der Waals surface area contributed by atoms with Gasteiger partial charge in [0.1, 0.15) is 25.6 Å². The zero-order valence-corrected chi connectivity index (χ0v) is 39.9. The summed E-state index contributed by atoms with van der Waals surface area (Å²) in [5, 5.41) is 0.598. The molecule has 0 amide bonds. The third kappa shape index (κ3) is 18.8. The van der Waals surface area contributed by atoms with Crippen LogP contribution < -0.4 is 4.57 Å². The van der Waals surface area contributed by atoms with Gasteiger partial charge in [-0.2, -0.15) is 0 Å². The molecular formula is C54H74ClN2O8+. The smallest absolute Gasteiger partial charge is 0.309 e. The molecule has 0 unspecified atom stereocenters. The normalized spacial score (nSPS) is 11.4. The first-order chi connectivity index (χ1) is 31.8. The zero-order chi connectivity index (χ0) is 46.4. The Morgan fingerprint density at radius 3 is 1.46 bits per heavy atom. The molecule has 11 heteroatoms. The lowest BCUT2D eigenvalue weighted by Gasteiger charge is -2.33. The molecule has 65 heavy (non-hydrogen) atoms. The first kappa shape index (κ1) is 52.7. The van der Waals surface area contributed by atoms with Crippen molar-refractivity contribution in [3.8, 4) is 0 Å². The molecule has 0 N–H and O–H groups in total. The van der Waals surface area contributed by atoms with Crippen molar-refractivity contribution >= 4 is 35.5 Å². The molecule has 3 aromatic carbocycles. The Bertz CT molecular complexity index is 1870. The van der Waals surface area contributed by atoms with Gasteiger partial charge in [-0.3, -0.25) is 19.2 Å². The van der Waals surface area contributed by atoms with E-state index in [9.17, 15) is 19.2 Å². The summed E-state index contributed by atoms with van der Waals surface area (Å²) >= 11 is 6.94. The van der Waals surface area contributed by atoms with E-state index in [4.69, 9.17) is 30.5 Å². The zero-order valence-electron chi connectivity index (χ0n) is 39.1. The van der Waals surface area contributed by atoms with Crippen LogP contribution in [0, 0.1) is 0 Å². The quantitative estimate of drug-likeness (QED) is 0.0150. The van der Waals surface area contributed by atoms with Crippen molar-refractivity contribution in [2.75, 3.05) is 13.2 Å². The standard InChI is InChI=1S/C54H74ClN2O8/c1-3-5-7-9-11-13-15-17-25-35-50(58)62-41-47(42-63-51(59)36-26-18-16-14-12-10-8-6-4-2)65-53(61)38-37-52(60)64-44-56-39-40-57(43-56)54(45-29-21-19-22-30-45,46-31-23-20-24-32-46)48-33-27-28-34-49(48)55/h19-24,27-34,39-40,43,47H,3-18,25-26,35-38,41-42,44H2,1-2H3/q+1. The molecule has 354 valence electrons. The van der Waals surface area contributed by atoms with Gasteiger partial charge in [0.25, 0.3) is 0 Å². The summed E-state index contributed by atoms with van der Waals surface area (Å²) in [6.45, 7) is 3.84. The molecule has 0 bridgehead atoms. The van der Waals surface area contributed by atoms with E-state index >= 15 is 0 Å². The molecule has 10 nitrogen and oxygen atoms in total. The van der Waals surface area contributed by atoms with E-state index in [0.29, 0.717) is 5.02 Å². The molecule has 0 spiro atoms. The summed E-state index contributed by atoms with van der Waals surface area (Å²) < 4.78 is 26.0. The third-order valence-electron chi connectivity index (χ3n) is 11.8. The lowest BCUT2D eigenvalue weighted by atomic mass is 9.76. The molecule has 0 radical (unpaired) electrons. The van der Waals surface area contributed by atoms with Gasteiger partial charge in [-0.05, 0) is 18.9 Å². The Balaban J connectivity index is 1.29. The van der Waals surface area contributed by atoms with Crippen molar-refractivity contribution in [2.24, 2.45) is 0 Å². The van der Waals surface area contributed by atoms with Crippen molar-refractivity contribution in [2.45, 2.75) is 173 Å². The summed E-state index contributed by atoms with van der Waals surface area (Å²) in [6, 6.07) is 27.9. The number of imidazole rings is 1. The molecule has 4 aromatic rings. The van der Waals surface area contributed by atoms with Crippen LogP contribution in [-0.4, -0.2) is 47.8 Å². The largest absolute Gasteiger partial charge is 0.462 e. The van der Waals surface area contributed by atoms with Gasteiger partial charge in [0.2, 0.25) is 13.1 Å². The number of hydrogen-bond acceptors (Lipinski definition) is 8. The number of rotatable bonds is 34. The minimum Gasteiger partial charge on any atom is -0.462 e. The molecular weight excluding hydrogens is 840 g/mol. The van der Waals surface area contributed by atoms with Gasteiger partial charge in [-0.25, -0.2) is 9.13 Å². The molecule has 0 saturated carbocycles. The summed E-state index contributed by atoms with van der Waals surface area (Å²) in [5.41, 5.74) is 1.98. The Labute approximate surface area is 393 Å². The van der Waals surface area contributed by atoms with Gasteiger partial charge in [0, 0.05) is 34.6 Å². The maximum absolute atomic E-state index is 13.0. The number of halogens is 1. The fourth-order valence-electron chi connectivity index (χ4n) is 8.16. The summed E-state index contributed by atoms with van der Waals surface area (Å²) in [5.74, 6) is -2.06. The molecule has 0 aliphatic heterocycles. The van der Waals surface area contributed by atoms with E-state index in [-0.39, 0.29) is 57.6 Å². The molecule has 0 atom stereocenters. The molecule has 4 rings (SSSR count). The molecule has 0 fully saturated rings. The minimum absolute atomic E-state index is 0.102. The van der Waals surface area contributed by atoms with E-state index in [1.54, 1.807) is 4.57 Å². The van der Waals surface area contributed by atoms with Crippen LogP contribution in [0.1, 0.15) is 172 Å². The SMILES string of the molecule is CCCCCCCCCCCC(=O)OCC(COC(=O)CCCCCCCCCCC)OC(=O)CCC(=O)OC[n+]1ccn(C(c2ccccc2)(c2ccccc2)c2ccccc2Cl)c1. The Kier molecular flexibility index (Phi) is 25.2. The van der Waals surface area contributed by atoms with Crippen LogP contribution >= 0.6 is 11.6 Å². The van der Waals surface area contributed by atoms with E-state index in [0.717, 1.165) is 68.1 Å². The Morgan fingerprint density at radius 2 is 0.969 bits per heavy atom. The second-order valence-electron chi connectivity index (χ2n) is 17.0. The Hall–Kier alpha value is -4.96. The highest BCUT2D eigenvalue weighted by atomic mass is 35.5. The topological polar surface area (TPSA) is 114 Å². The molecule has 0 aliphatic rings. The van der Waals surface area contributed by atoms with Crippen molar-refractivity contribution in [1.29, 1.82) is 0 Å². The molecule has 0 aliphatic carbocycles. The second kappa shape index (κ2) is 31.0. The highest BCUT2D eigenvalue weighted by Crippen LogP contribution is 2.43. The van der Waals surface area contributed by atoms with Crippen LogP contribution in [0.15, 0.2) is 104 Å². The van der Waals surface area contributed by atoms with Crippen LogP contribution in [0.25, 0.3) is 0 Å². The van der Waals surface area contributed by atoms with E-state index < -0.39 is 23.6 Å². The summed E-state index contributed by atoms with van der Waals surface area (Å²) in [7, 11) is 0. The monoisotopic (exact) mass is 914 g/mol. The fourth-order valence-corrected chi connectivity index (χ4v) is 8.43. The fraction of sp³-hybridized carbons (Fsp3) is 0.537. The number of nitrogens with zero attached hydrogens (tertiary/aromatic N) is 2. The Morgan fingerprint density at radius 1 is 0.538 bits per heavy atom. The average Bonchev–Trinajstić information content (AvgIpc) is 3.80. The van der Waals surface area contributed by atoms with Gasteiger partial charge in [-0.15, -0.1) is 0 Å². The highest BCUT2D eigenvalue weighted by molar-refractivity contribution is 6.31. The van der Waals surface area contributed by atoms with E-state index in [1.165, 1.54) is 64.2 Å². The molecule has 0 saturated heterocycles. The predicted octanol–water partition coefficient (Wildman–Crippen LogP) is 12.4.